The summed E-state index contributed by atoms with van der Waals surface area (Å²) in [6.45, 7) is 0.162. The van der Waals surface area contributed by atoms with Gasteiger partial charge in [-0.25, -0.2) is 0 Å². The monoisotopic (exact) mass is 388 g/mol. The molecule has 0 saturated carbocycles. The highest BCUT2D eigenvalue weighted by Gasteiger charge is 2.41. The van der Waals surface area contributed by atoms with E-state index in [2.05, 4.69) is 24.3 Å². The number of hydrogen-bond donors (Lipinski definition) is 3. The first-order valence-corrected chi connectivity index (χ1v) is 10.4. The minimum atomic E-state index is -1.35. The van der Waals surface area contributed by atoms with Crippen LogP contribution in [0.5, 0.6) is 0 Å². The van der Waals surface area contributed by atoms with E-state index in [4.69, 9.17) is 5.11 Å². The van der Waals surface area contributed by atoms with E-state index in [0.29, 0.717) is 12.8 Å². The van der Waals surface area contributed by atoms with Gasteiger partial charge in [0.1, 0.15) is 5.60 Å². The number of benzene rings is 3. The topological polar surface area (TPSA) is 60.7 Å². The summed E-state index contributed by atoms with van der Waals surface area (Å²) in [6, 6.07) is 22.4. The Bertz CT molecular complexity index is 1110. The molecule has 29 heavy (non-hydrogen) atoms. The van der Waals surface area contributed by atoms with E-state index in [9.17, 15) is 10.2 Å². The number of hydrogen-bond acceptors (Lipinski definition) is 3. The van der Waals surface area contributed by atoms with Gasteiger partial charge in [-0.15, -0.1) is 0 Å². The molecule has 3 nitrogen and oxygen atoms in total. The molecular weight excluding hydrogens is 360 g/mol. The van der Waals surface area contributed by atoms with Crippen molar-refractivity contribution in [3.63, 3.8) is 0 Å². The lowest BCUT2D eigenvalue weighted by atomic mass is 9.74. The summed E-state index contributed by atoms with van der Waals surface area (Å²) >= 11 is 0. The van der Waals surface area contributed by atoms with Crippen molar-refractivity contribution >= 4 is 22.4 Å². The normalized spacial score (nSPS) is 19.6. The highest BCUT2D eigenvalue weighted by molar-refractivity contribution is 5.96. The molecule has 4 rings (SSSR count). The minimum Gasteiger partial charge on any atom is -0.396 e. The Balaban J connectivity index is 1.89. The highest BCUT2D eigenvalue weighted by atomic mass is 16.3. The van der Waals surface area contributed by atoms with Gasteiger partial charge in [-0.1, -0.05) is 85.6 Å². The van der Waals surface area contributed by atoms with Gasteiger partial charge in [0.05, 0.1) is 6.10 Å². The lowest BCUT2D eigenvalue weighted by Crippen LogP contribution is -2.50. The Morgan fingerprint density at radius 2 is 1.62 bits per heavy atom. The van der Waals surface area contributed by atoms with Gasteiger partial charge in [0, 0.05) is 18.6 Å². The second-order valence-corrected chi connectivity index (χ2v) is 7.91. The molecule has 0 radical (unpaired) electrons. The van der Waals surface area contributed by atoms with Crippen LogP contribution in [0.1, 0.15) is 37.7 Å². The Kier molecular flexibility index (Phi) is 5.81. The average molecular weight is 389 g/mol. The van der Waals surface area contributed by atoms with E-state index in [1.54, 1.807) is 0 Å². The third kappa shape index (κ3) is 3.74. The first-order valence-electron chi connectivity index (χ1n) is 10.4. The maximum absolute atomic E-state index is 11.8. The maximum Gasteiger partial charge on any atom is 0.120 e. The Hall–Kier alpha value is -2.46. The molecule has 1 aliphatic carbocycles. The van der Waals surface area contributed by atoms with Crippen LogP contribution in [0.25, 0.3) is 22.4 Å². The minimum absolute atomic E-state index is 0.162. The fraction of sp³-hybridized carbons (Fsp3) is 0.308. The van der Waals surface area contributed by atoms with Crippen LogP contribution in [0.3, 0.4) is 0 Å². The van der Waals surface area contributed by atoms with Crippen LogP contribution in [0.4, 0.5) is 0 Å². The second-order valence-electron chi connectivity index (χ2n) is 7.91. The van der Waals surface area contributed by atoms with Gasteiger partial charge in [0.15, 0.2) is 0 Å². The van der Waals surface area contributed by atoms with Crippen LogP contribution in [0.2, 0.25) is 0 Å². The Morgan fingerprint density at radius 3 is 2.48 bits per heavy atom. The fourth-order valence-corrected chi connectivity index (χ4v) is 4.49. The first-order chi connectivity index (χ1) is 14.1. The van der Waals surface area contributed by atoms with E-state index >= 15 is 0 Å². The highest BCUT2D eigenvalue weighted by Crippen LogP contribution is 2.37. The van der Waals surface area contributed by atoms with Gasteiger partial charge < -0.3 is 15.3 Å². The number of aliphatic hydroxyl groups excluding tert-OH is 2. The molecule has 0 bridgehead atoms. The molecule has 0 amide bonds. The molecule has 2 unspecified atom stereocenters. The summed E-state index contributed by atoms with van der Waals surface area (Å²) in [6.07, 6.45) is 4.37. The molecule has 2 atom stereocenters. The zero-order chi connectivity index (χ0) is 20.3. The molecule has 3 heteroatoms. The Morgan fingerprint density at radius 1 is 0.862 bits per heavy atom. The molecule has 150 valence electrons. The second kappa shape index (κ2) is 8.50. The summed E-state index contributed by atoms with van der Waals surface area (Å²) < 4.78 is 0. The third-order valence-corrected chi connectivity index (χ3v) is 6.04. The van der Waals surface area contributed by atoms with Crippen LogP contribution < -0.4 is 10.4 Å². The molecule has 0 fully saturated rings. The van der Waals surface area contributed by atoms with E-state index in [1.807, 2.05) is 48.5 Å². The predicted molar refractivity (Wildman–Crippen MR) is 118 cm³/mol. The zero-order valence-electron chi connectivity index (χ0n) is 16.6. The van der Waals surface area contributed by atoms with Crippen LogP contribution in [-0.2, 0) is 0 Å². The first kappa shape index (κ1) is 19.8. The van der Waals surface area contributed by atoms with Crippen LogP contribution >= 0.6 is 0 Å². The van der Waals surface area contributed by atoms with Crippen molar-refractivity contribution < 1.29 is 15.3 Å². The molecule has 3 aromatic carbocycles. The molecular formula is C26H28O3. The van der Waals surface area contributed by atoms with E-state index in [1.165, 1.54) is 0 Å². The van der Waals surface area contributed by atoms with Crippen LogP contribution in [0, 0.1) is 0 Å². The molecule has 0 spiro atoms. The largest absolute Gasteiger partial charge is 0.396 e. The van der Waals surface area contributed by atoms with Gasteiger partial charge in [-0.05, 0) is 39.6 Å². The van der Waals surface area contributed by atoms with Crippen molar-refractivity contribution in [3.8, 4) is 0 Å². The van der Waals surface area contributed by atoms with Crippen molar-refractivity contribution in [1.82, 2.24) is 0 Å². The summed E-state index contributed by atoms with van der Waals surface area (Å²) in [5, 5.41) is 36.2. The standard InChI is InChI=1S/C26H28O3/c27-18-7-1-2-15-24(28)26(29)17-16-20-10-4-6-13-22(20)25(26)23-14-8-11-19-9-3-5-12-21(19)23/h3-6,8-14,16,24,27-29H,1-2,7,15,17-18H2. The zero-order valence-corrected chi connectivity index (χ0v) is 16.6. The fourth-order valence-electron chi connectivity index (χ4n) is 4.49. The SMILES string of the molecule is OCCCCCC(O)C1(O)CC=c2ccccc2=C1c1cccc2ccccc12. The molecule has 3 aromatic rings. The van der Waals surface area contributed by atoms with Gasteiger partial charge in [-0.3, -0.25) is 0 Å². The number of unbranched alkanes of at least 4 members (excludes halogenated alkanes) is 2. The Labute approximate surface area is 171 Å². The lowest BCUT2D eigenvalue weighted by molar-refractivity contribution is -0.0331. The number of rotatable bonds is 7. The molecule has 1 aliphatic rings. The van der Waals surface area contributed by atoms with Crippen molar-refractivity contribution in [2.45, 2.75) is 43.8 Å². The van der Waals surface area contributed by atoms with E-state index < -0.39 is 11.7 Å². The van der Waals surface area contributed by atoms with Gasteiger partial charge in [-0.2, -0.15) is 0 Å². The van der Waals surface area contributed by atoms with Crippen molar-refractivity contribution in [1.29, 1.82) is 0 Å². The van der Waals surface area contributed by atoms with E-state index in [-0.39, 0.29) is 6.61 Å². The van der Waals surface area contributed by atoms with Crippen LogP contribution in [-0.4, -0.2) is 33.6 Å². The van der Waals surface area contributed by atoms with Gasteiger partial charge in [0.2, 0.25) is 0 Å². The average Bonchev–Trinajstić information content (AvgIpc) is 2.76. The number of aliphatic hydroxyl groups is 3. The summed E-state index contributed by atoms with van der Waals surface area (Å²) in [5.74, 6) is 0. The quantitative estimate of drug-likeness (QED) is 0.546. The molecule has 0 aliphatic heterocycles. The van der Waals surface area contributed by atoms with Crippen LogP contribution in [0.15, 0.2) is 66.7 Å². The molecule has 3 N–H and O–H groups in total. The van der Waals surface area contributed by atoms with Crippen molar-refractivity contribution in [3.05, 3.63) is 82.7 Å². The van der Waals surface area contributed by atoms with Gasteiger partial charge >= 0.3 is 0 Å². The summed E-state index contributed by atoms with van der Waals surface area (Å²) in [7, 11) is 0. The van der Waals surface area contributed by atoms with E-state index in [0.717, 1.165) is 51.6 Å². The predicted octanol–water partition coefficient (Wildman–Crippen LogP) is 2.87. The van der Waals surface area contributed by atoms with Gasteiger partial charge in [0.25, 0.3) is 0 Å². The third-order valence-electron chi connectivity index (χ3n) is 6.04. The lowest BCUT2D eigenvalue weighted by Gasteiger charge is -2.37. The summed E-state index contributed by atoms with van der Waals surface area (Å²) in [4.78, 5) is 0. The smallest absolute Gasteiger partial charge is 0.120 e. The molecule has 0 saturated heterocycles. The number of fused-ring (bicyclic) bond motifs is 2. The van der Waals surface area contributed by atoms with Crippen molar-refractivity contribution in [2.75, 3.05) is 6.61 Å². The molecule has 0 heterocycles. The molecule has 0 aromatic heterocycles. The summed E-state index contributed by atoms with van der Waals surface area (Å²) in [5.41, 5.74) is 0.431. The van der Waals surface area contributed by atoms with Crippen molar-refractivity contribution in [2.24, 2.45) is 0 Å². The maximum atomic E-state index is 11.8.